The molecule has 4 radical (unpaired) electrons. The maximum Gasteiger partial charge on any atom is 0.144 e. The van der Waals surface area contributed by atoms with Crippen molar-refractivity contribution in [1.82, 2.24) is 29.1 Å². The van der Waals surface area contributed by atoms with Crippen LogP contribution in [-0.2, 0) is 92.0 Å². The first-order valence-electron chi connectivity index (χ1n) is 32.2. The Kier molecular flexibility index (Phi) is 27.4. The maximum absolute atomic E-state index is 5.99. The second kappa shape index (κ2) is 36.6. The number of hydrogen-bond acceptors (Lipinski definition) is 6. The smallest absolute Gasteiger partial charge is 0.144 e. The van der Waals surface area contributed by atoms with Crippen LogP contribution in [0.1, 0.15) is 17.1 Å². The van der Waals surface area contributed by atoms with Crippen molar-refractivity contribution >= 4 is 11.3 Å². The van der Waals surface area contributed by atoms with Crippen molar-refractivity contribution in [3.8, 4) is 134 Å². The first-order chi connectivity index (χ1) is 47.7. The topological polar surface area (TPSA) is 74.6 Å². The van der Waals surface area contributed by atoms with Gasteiger partial charge in [-0.3, -0.25) is 19.9 Å². The Morgan fingerprint density at radius 1 is 0.307 bits per heavy atom. The van der Waals surface area contributed by atoms with E-state index in [1.165, 1.54) is 60.5 Å². The molecule has 0 aliphatic rings. The van der Waals surface area contributed by atoms with Crippen LogP contribution in [0, 0.1) is 45.0 Å². The summed E-state index contributed by atoms with van der Waals surface area (Å²) >= 11 is 1.73. The van der Waals surface area contributed by atoms with E-state index in [-0.39, 0.29) is 77.9 Å². The van der Waals surface area contributed by atoms with Gasteiger partial charge in [0.25, 0.3) is 0 Å². The normalized spacial score (nSPS) is 10.3. The van der Waals surface area contributed by atoms with Gasteiger partial charge in [-0.15, -0.1) is 138 Å². The molecule has 0 unspecified atom stereocenters. The van der Waals surface area contributed by atoms with Crippen LogP contribution in [0.15, 0.2) is 326 Å². The van der Waals surface area contributed by atoms with E-state index in [1.807, 2.05) is 148 Å². The molecule has 0 saturated carbocycles. The molecular formula is C89H68N6ORh4S-4. The first kappa shape index (κ1) is 75.6. The predicted octanol–water partition coefficient (Wildman–Crippen LogP) is 22.8. The number of hydrogen-bond donors (Lipinski definition) is 0. The van der Waals surface area contributed by atoms with Crippen LogP contribution in [0.4, 0.5) is 0 Å². The van der Waals surface area contributed by atoms with E-state index in [9.17, 15) is 0 Å². The monoisotopic (exact) mass is 1680 g/mol. The number of imidazole rings is 2. The Morgan fingerprint density at radius 3 is 1.09 bits per heavy atom. The quantitative estimate of drug-likeness (QED) is 0.0900. The fourth-order valence-electron chi connectivity index (χ4n) is 11.7. The molecule has 4 heterocycles. The number of thiazole rings is 1. The number of nitrogens with zero attached hydrogens (tertiary/aromatic N) is 6. The van der Waals surface area contributed by atoms with E-state index in [0.717, 1.165) is 84.3 Å². The van der Waals surface area contributed by atoms with Gasteiger partial charge in [0.05, 0.1) is 34.4 Å². The zero-order chi connectivity index (χ0) is 66.3. The summed E-state index contributed by atoms with van der Waals surface area (Å²) in [7, 11) is 4.11. The molecule has 12 aromatic carbocycles. The second-order valence-corrected chi connectivity index (χ2v) is 24.2. The summed E-state index contributed by atoms with van der Waals surface area (Å²) in [5, 5.41) is 1.02. The van der Waals surface area contributed by atoms with Gasteiger partial charge in [-0.05, 0) is 82.0 Å². The summed E-state index contributed by atoms with van der Waals surface area (Å²) < 4.78 is 10.3. The van der Waals surface area contributed by atoms with Crippen LogP contribution >= 0.6 is 11.3 Å². The summed E-state index contributed by atoms with van der Waals surface area (Å²) in [6.45, 7) is 6.10. The number of rotatable bonds is 12. The average molecular weight is 1680 g/mol. The van der Waals surface area contributed by atoms with Crippen LogP contribution < -0.4 is 0 Å². The minimum absolute atomic E-state index is 0. The Bertz CT molecular complexity index is 4860. The average Bonchev–Trinajstić information content (AvgIpc) is 1.69. The molecule has 16 aromatic rings. The van der Waals surface area contributed by atoms with Crippen molar-refractivity contribution in [1.29, 1.82) is 0 Å². The Balaban J connectivity index is 0.000000155. The summed E-state index contributed by atoms with van der Waals surface area (Å²) in [5.41, 5.74) is 23.5. The largest absolute Gasteiger partial charge is 0.481 e. The third kappa shape index (κ3) is 18.5. The first-order valence-corrected chi connectivity index (χ1v) is 33.0. The minimum atomic E-state index is 0. The van der Waals surface area contributed by atoms with E-state index >= 15 is 0 Å². The molecule has 0 N–H and O–H groups in total. The molecule has 0 bridgehead atoms. The van der Waals surface area contributed by atoms with Gasteiger partial charge in [0.15, 0.2) is 0 Å². The van der Waals surface area contributed by atoms with Crippen LogP contribution in [0.25, 0.3) is 134 Å². The number of aromatic nitrogens is 6. The van der Waals surface area contributed by atoms with Gasteiger partial charge in [-0.1, -0.05) is 224 Å². The zero-order valence-corrected chi connectivity index (χ0v) is 63.3. The molecule has 0 saturated heterocycles. The summed E-state index contributed by atoms with van der Waals surface area (Å²) in [6, 6.07) is 121. The second-order valence-electron chi connectivity index (χ2n) is 23.2. The molecule has 4 aromatic heterocycles. The van der Waals surface area contributed by atoms with Gasteiger partial charge in [0.2, 0.25) is 0 Å². The van der Waals surface area contributed by atoms with Crippen LogP contribution in [0.5, 0.6) is 0 Å². The molecule has 0 amide bonds. The Morgan fingerprint density at radius 2 is 0.663 bits per heavy atom. The fraction of sp³-hybridized carbons (Fsp3) is 0.0562. The van der Waals surface area contributed by atoms with Crippen molar-refractivity contribution in [2.45, 2.75) is 20.8 Å². The summed E-state index contributed by atoms with van der Waals surface area (Å²) in [4.78, 5) is 19.8. The minimum Gasteiger partial charge on any atom is -0.481 e. The third-order valence-electron chi connectivity index (χ3n) is 16.7. The van der Waals surface area contributed by atoms with E-state index in [4.69, 9.17) is 14.4 Å². The molecule has 0 atom stereocenters. The Labute approximate surface area is 648 Å². The Hall–Kier alpha value is -9.61. The van der Waals surface area contributed by atoms with E-state index < -0.39 is 0 Å². The molecule has 7 nitrogen and oxygen atoms in total. The van der Waals surface area contributed by atoms with Crippen LogP contribution in [0.2, 0.25) is 0 Å². The van der Waals surface area contributed by atoms with E-state index in [1.54, 1.807) is 11.3 Å². The van der Waals surface area contributed by atoms with Crippen molar-refractivity contribution in [3.05, 3.63) is 363 Å². The van der Waals surface area contributed by atoms with Crippen molar-refractivity contribution < 1.29 is 82.3 Å². The molecule has 0 aliphatic carbocycles. The molecule has 506 valence electrons. The molecular weight excluding hydrogens is 1610 g/mol. The number of benzene rings is 12. The number of oxazole rings is 1. The molecule has 0 aliphatic heterocycles. The molecule has 0 spiro atoms. The SMILES string of the molecule is Cc1nc(-c2[c-]cccc2)n(C)c1-c1ccc(-c2ccccc2)cc1.Cc1nc(-c2[c-]cccc2)oc1-c1ccc(-c2ccccc2)cc1.Cc1nc(-c2[c-]cccc2)sc1-c1ccc(-c2ccccc2)cc1.Cn1c(-c2ccc(-c3ccccc3)cc2)cnc1-c1[c-]cccc1.[Rh].[Rh].[Rh].[Rh]. The van der Waals surface area contributed by atoms with Crippen molar-refractivity contribution in [3.63, 3.8) is 0 Å². The molecule has 101 heavy (non-hydrogen) atoms. The fourth-order valence-corrected chi connectivity index (χ4v) is 12.7. The predicted molar refractivity (Wildman–Crippen MR) is 400 cm³/mol. The summed E-state index contributed by atoms with van der Waals surface area (Å²) in [5.74, 6) is 3.29. The van der Waals surface area contributed by atoms with Crippen molar-refractivity contribution in [2.24, 2.45) is 14.1 Å². The molecule has 12 heteroatoms. The molecule has 0 fully saturated rings. The van der Waals surface area contributed by atoms with E-state index in [2.05, 4.69) is 252 Å². The van der Waals surface area contributed by atoms with Gasteiger partial charge in [-0.25, -0.2) is 0 Å². The zero-order valence-electron chi connectivity index (χ0n) is 55.9. The van der Waals surface area contributed by atoms with Gasteiger partial charge >= 0.3 is 0 Å². The maximum atomic E-state index is 5.99. The summed E-state index contributed by atoms with van der Waals surface area (Å²) in [6.07, 6.45) is 1.92. The van der Waals surface area contributed by atoms with Crippen molar-refractivity contribution in [2.75, 3.05) is 0 Å². The molecule has 16 rings (SSSR count). The van der Waals surface area contributed by atoms with Crippen LogP contribution in [0.3, 0.4) is 0 Å². The third-order valence-corrected chi connectivity index (χ3v) is 17.9. The standard InChI is InChI=1S/C23H19N2.C22H17N2.C22H16NO.C22H16NS.4Rh/c1-17-22(25(2)23(24-17)21-11-7-4-8-12-21)20-15-13-19(14-16-20)18-9-5-3-6-10-18;1-24-21(16-23-22(24)20-10-6-3-7-11-20)19-14-12-18(13-15-19)17-8-4-2-5-9-17;2*1-16-21(24-22(23-16)20-10-6-3-7-11-20)19-14-12-18(13-15-19)17-8-4-2-5-9-17;;;;/h3-11,13-16H,1-2H3;2-10,12-16H,1H3;2*2-10,12-15H,1H3;;;;/q4*-1;;;;. The van der Waals surface area contributed by atoms with Gasteiger partial charge in [-0.2, -0.15) is 11.3 Å². The van der Waals surface area contributed by atoms with E-state index in [0.29, 0.717) is 5.89 Å². The number of aryl methyl sites for hydroxylation is 3. The van der Waals surface area contributed by atoms with Gasteiger partial charge in [0.1, 0.15) is 11.7 Å². The van der Waals surface area contributed by atoms with Crippen LogP contribution in [-0.4, -0.2) is 29.1 Å². The van der Waals surface area contributed by atoms with Gasteiger partial charge < -0.3 is 13.6 Å². The van der Waals surface area contributed by atoms with Gasteiger partial charge in [0, 0.05) is 119 Å².